The molecular formula is C14H20FNOS. The number of nitrogens with one attached hydrogen (secondary N) is 1. The molecule has 2 N–H and O–H groups in total. The summed E-state index contributed by atoms with van der Waals surface area (Å²) in [7, 11) is 0. The number of benzene rings is 1. The fraction of sp³-hybridized carbons (Fsp3) is 0.571. The molecule has 0 saturated heterocycles. The molecule has 1 aromatic rings. The summed E-state index contributed by atoms with van der Waals surface area (Å²) in [5.41, 5.74) is 0.389. The van der Waals surface area contributed by atoms with E-state index in [1.54, 1.807) is 6.07 Å². The van der Waals surface area contributed by atoms with Crippen LogP contribution in [0.15, 0.2) is 23.1 Å². The van der Waals surface area contributed by atoms with Crippen LogP contribution >= 0.6 is 11.8 Å². The molecule has 18 heavy (non-hydrogen) atoms. The van der Waals surface area contributed by atoms with Crippen LogP contribution in [0.2, 0.25) is 0 Å². The first-order valence-electron chi connectivity index (χ1n) is 6.33. The Morgan fingerprint density at radius 2 is 2.22 bits per heavy atom. The molecule has 0 aromatic heterocycles. The van der Waals surface area contributed by atoms with Crippen LogP contribution in [0.1, 0.15) is 37.8 Å². The topological polar surface area (TPSA) is 32.3 Å². The first kappa shape index (κ1) is 13.8. The van der Waals surface area contributed by atoms with Crippen molar-refractivity contribution in [2.24, 2.45) is 0 Å². The number of hydrogen-bond donors (Lipinski definition) is 2. The van der Waals surface area contributed by atoms with Gasteiger partial charge in [-0.1, -0.05) is 6.07 Å². The summed E-state index contributed by atoms with van der Waals surface area (Å²) in [4.78, 5) is 0.670. The third kappa shape index (κ3) is 3.05. The summed E-state index contributed by atoms with van der Waals surface area (Å²) in [5, 5.41) is 13.3. The molecule has 1 aliphatic carbocycles. The van der Waals surface area contributed by atoms with Gasteiger partial charge < -0.3 is 10.4 Å². The van der Waals surface area contributed by atoms with Gasteiger partial charge in [0.25, 0.3) is 0 Å². The van der Waals surface area contributed by atoms with Crippen LogP contribution in [0.4, 0.5) is 4.39 Å². The Labute approximate surface area is 112 Å². The Morgan fingerprint density at radius 1 is 1.50 bits per heavy atom. The van der Waals surface area contributed by atoms with E-state index in [1.807, 2.05) is 25.3 Å². The molecule has 1 aliphatic rings. The second-order valence-corrected chi connectivity index (χ2v) is 5.92. The quantitative estimate of drug-likeness (QED) is 0.806. The average Bonchev–Trinajstić information content (AvgIpc) is 2.33. The van der Waals surface area contributed by atoms with Gasteiger partial charge in [-0.2, -0.15) is 0 Å². The van der Waals surface area contributed by atoms with E-state index in [0.29, 0.717) is 11.4 Å². The summed E-state index contributed by atoms with van der Waals surface area (Å²) >= 11 is 1.41. The molecule has 1 atom stereocenters. The van der Waals surface area contributed by atoms with Gasteiger partial charge in [-0.05, 0) is 50.1 Å². The molecule has 1 saturated carbocycles. The van der Waals surface area contributed by atoms with E-state index >= 15 is 0 Å². The van der Waals surface area contributed by atoms with Crippen molar-refractivity contribution in [1.82, 2.24) is 5.32 Å². The Kier molecular flexibility index (Phi) is 4.30. The molecule has 1 fully saturated rings. The van der Waals surface area contributed by atoms with Crippen LogP contribution in [0.5, 0.6) is 0 Å². The number of aliphatic hydroxyl groups is 1. The standard InChI is InChI=1S/C14H20FNOS/c1-10(16-9-14(17)6-3-7-14)11-4-5-13(18-2)12(15)8-11/h4-5,8,10,16-17H,3,6-7,9H2,1-2H3. The molecule has 0 heterocycles. The highest BCUT2D eigenvalue weighted by molar-refractivity contribution is 7.98. The molecule has 1 unspecified atom stereocenters. The molecule has 0 amide bonds. The van der Waals surface area contributed by atoms with Crippen molar-refractivity contribution in [3.8, 4) is 0 Å². The van der Waals surface area contributed by atoms with Crippen LogP contribution in [-0.4, -0.2) is 23.5 Å². The lowest BCUT2D eigenvalue weighted by Crippen LogP contribution is -2.46. The Hall–Kier alpha value is -0.580. The van der Waals surface area contributed by atoms with Gasteiger partial charge in [0, 0.05) is 17.5 Å². The zero-order valence-corrected chi connectivity index (χ0v) is 11.7. The second kappa shape index (κ2) is 5.59. The van der Waals surface area contributed by atoms with Gasteiger partial charge in [-0.15, -0.1) is 11.8 Å². The van der Waals surface area contributed by atoms with Crippen molar-refractivity contribution in [2.45, 2.75) is 42.7 Å². The minimum absolute atomic E-state index is 0.0556. The minimum atomic E-state index is -0.536. The normalized spacial score (nSPS) is 19.3. The number of thioether (sulfide) groups is 1. The zero-order valence-electron chi connectivity index (χ0n) is 10.9. The molecule has 4 heteroatoms. The van der Waals surface area contributed by atoms with Crippen molar-refractivity contribution in [3.05, 3.63) is 29.6 Å². The lowest BCUT2D eigenvalue weighted by Gasteiger charge is -2.37. The van der Waals surface area contributed by atoms with Crippen LogP contribution in [0.3, 0.4) is 0 Å². The maximum atomic E-state index is 13.7. The summed E-state index contributed by atoms with van der Waals surface area (Å²) in [6.45, 7) is 2.58. The fourth-order valence-corrected chi connectivity index (χ4v) is 2.63. The summed E-state index contributed by atoms with van der Waals surface area (Å²) in [5.74, 6) is -0.170. The van der Waals surface area contributed by atoms with Gasteiger partial charge in [0.05, 0.1) is 5.60 Å². The van der Waals surface area contributed by atoms with Gasteiger partial charge in [0.1, 0.15) is 5.82 Å². The van der Waals surface area contributed by atoms with E-state index in [0.717, 1.165) is 24.8 Å². The van der Waals surface area contributed by atoms with Crippen LogP contribution < -0.4 is 5.32 Å². The van der Waals surface area contributed by atoms with Crippen molar-refractivity contribution >= 4 is 11.8 Å². The molecule has 100 valence electrons. The first-order valence-corrected chi connectivity index (χ1v) is 7.56. The highest BCUT2D eigenvalue weighted by Gasteiger charge is 2.34. The third-order valence-corrected chi connectivity index (χ3v) is 4.47. The Balaban J connectivity index is 1.95. The lowest BCUT2D eigenvalue weighted by molar-refractivity contribution is -0.0329. The predicted molar refractivity (Wildman–Crippen MR) is 73.4 cm³/mol. The van der Waals surface area contributed by atoms with Crippen molar-refractivity contribution < 1.29 is 9.50 Å². The highest BCUT2D eigenvalue weighted by atomic mass is 32.2. The molecule has 0 spiro atoms. The van der Waals surface area contributed by atoms with Crippen molar-refractivity contribution in [2.75, 3.05) is 12.8 Å². The predicted octanol–water partition coefficient (Wildman–Crippen LogP) is 3.11. The van der Waals surface area contributed by atoms with E-state index in [2.05, 4.69) is 5.32 Å². The van der Waals surface area contributed by atoms with Gasteiger partial charge in [0.15, 0.2) is 0 Å². The fourth-order valence-electron chi connectivity index (χ4n) is 2.17. The minimum Gasteiger partial charge on any atom is -0.389 e. The van der Waals surface area contributed by atoms with E-state index in [4.69, 9.17) is 0 Å². The van der Waals surface area contributed by atoms with E-state index in [9.17, 15) is 9.50 Å². The number of rotatable bonds is 5. The molecular weight excluding hydrogens is 249 g/mol. The highest BCUT2D eigenvalue weighted by Crippen LogP contribution is 2.31. The average molecular weight is 269 g/mol. The van der Waals surface area contributed by atoms with Gasteiger partial charge in [0.2, 0.25) is 0 Å². The molecule has 2 nitrogen and oxygen atoms in total. The first-order chi connectivity index (χ1) is 8.54. The van der Waals surface area contributed by atoms with Crippen LogP contribution in [-0.2, 0) is 0 Å². The van der Waals surface area contributed by atoms with Crippen molar-refractivity contribution in [1.29, 1.82) is 0 Å². The van der Waals surface area contributed by atoms with Gasteiger partial charge in [-0.25, -0.2) is 4.39 Å². The number of hydrogen-bond acceptors (Lipinski definition) is 3. The maximum Gasteiger partial charge on any atom is 0.137 e. The smallest absolute Gasteiger partial charge is 0.137 e. The molecule has 0 radical (unpaired) electrons. The second-order valence-electron chi connectivity index (χ2n) is 5.07. The molecule has 0 aliphatic heterocycles. The maximum absolute atomic E-state index is 13.7. The largest absolute Gasteiger partial charge is 0.389 e. The van der Waals surface area contributed by atoms with Crippen molar-refractivity contribution in [3.63, 3.8) is 0 Å². The lowest BCUT2D eigenvalue weighted by atomic mass is 9.80. The van der Waals surface area contributed by atoms with Gasteiger partial charge >= 0.3 is 0 Å². The van der Waals surface area contributed by atoms with E-state index < -0.39 is 5.60 Å². The Bertz CT molecular complexity index is 420. The SMILES string of the molecule is CSc1ccc(C(C)NCC2(O)CCC2)cc1F. The Morgan fingerprint density at radius 3 is 2.72 bits per heavy atom. The third-order valence-electron chi connectivity index (χ3n) is 3.70. The summed E-state index contributed by atoms with van der Waals surface area (Å²) in [6, 6.07) is 5.39. The number of halogens is 1. The summed E-state index contributed by atoms with van der Waals surface area (Å²) in [6.07, 6.45) is 4.70. The van der Waals surface area contributed by atoms with E-state index in [1.165, 1.54) is 11.8 Å². The van der Waals surface area contributed by atoms with Crippen LogP contribution in [0, 0.1) is 5.82 Å². The van der Waals surface area contributed by atoms with E-state index in [-0.39, 0.29) is 11.9 Å². The zero-order chi connectivity index (χ0) is 13.2. The monoisotopic (exact) mass is 269 g/mol. The molecule has 2 rings (SSSR count). The molecule has 1 aromatic carbocycles. The van der Waals surface area contributed by atoms with Gasteiger partial charge in [-0.3, -0.25) is 0 Å². The summed E-state index contributed by atoms with van der Waals surface area (Å²) < 4.78 is 13.7. The molecule has 0 bridgehead atoms. The van der Waals surface area contributed by atoms with Crippen LogP contribution in [0.25, 0.3) is 0 Å².